The number of hydrogen-bond acceptors (Lipinski definition) is 6. The third-order valence-corrected chi connectivity index (χ3v) is 4.70. The van der Waals surface area contributed by atoms with Crippen molar-refractivity contribution in [3.63, 3.8) is 0 Å². The first-order valence-corrected chi connectivity index (χ1v) is 9.00. The van der Waals surface area contributed by atoms with Gasteiger partial charge >= 0.3 is 0 Å². The van der Waals surface area contributed by atoms with Gasteiger partial charge in [0.1, 0.15) is 12.0 Å². The van der Waals surface area contributed by atoms with E-state index in [0.29, 0.717) is 12.3 Å². The van der Waals surface area contributed by atoms with Gasteiger partial charge in [-0.05, 0) is 12.5 Å². The first kappa shape index (κ1) is 18.6. The van der Waals surface area contributed by atoms with Crippen LogP contribution in [-0.4, -0.2) is 53.8 Å². The number of nitrogens with zero attached hydrogens (tertiary/aromatic N) is 2. The minimum Gasteiger partial charge on any atom is -0.502 e. The molecule has 0 saturated carbocycles. The summed E-state index contributed by atoms with van der Waals surface area (Å²) >= 11 is 0. The molecular weight excluding hydrogens is 332 g/mol. The van der Waals surface area contributed by atoms with Gasteiger partial charge in [0.25, 0.3) is 0 Å². The molecule has 1 aliphatic rings. The van der Waals surface area contributed by atoms with E-state index in [2.05, 4.69) is 28.9 Å². The number of morpholine rings is 1. The van der Waals surface area contributed by atoms with Crippen LogP contribution < -0.4 is 5.43 Å². The number of benzene rings is 1. The van der Waals surface area contributed by atoms with Crippen LogP contribution in [0.3, 0.4) is 0 Å². The molecule has 3 rings (SSSR count). The van der Waals surface area contributed by atoms with Crippen LogP contribution >= 0.6 is 0 Å². The van der Waals surface area contributed by atoms with E-state index in [9.17, 15) is 9.90 Å². The highest BCUT2D eigenvalue weighted by Crippen LogP contribution is 2.15. The lowest BCUT2D eigenvalue weighted by molar-refractivity contribution is 0.0217. The second kappa shape index (κ2) is 8.98. The Labute approximate surface area is 153 Å². The van der Waals surface area contributed by atoms with Gasteiger partial charge in [-0.2, -0.15) is 0 Å². The van der Waals surface area contributed by atoms with E-state index in [0.717, 1.165) is 45.7 Å². The van der Waals surface area contributed by atoms with Crippen molar-refractivity contribution in [2.24, 2.45) is 0 Å². The summed E-state index contributed by atoms with van der Waals surface area (Å²) in [6.45, 7) is 7.83. The molecule has 0 radical (unpaired) electrons. The third kappa shape index (κ3) is 5.17. The maximum atomic E-state index is 11.7. The summed E-state index contributed by atoms with van der Waals surface area (Å²) < 4.78 is 10.9. The van der Waals surface area contributed by atoms with E-state index in [1.807, 2.05) is 18.2 Å². The molecule has 1 N–H and O–H groups in total. The van der Waals surface area contributed by atoms with E-state index in [-0.39, 0.29) is 11.8 Å². The van der Waals surface area contributed by atoms with Gasteiger partial charge in [0.15, 0.2) is 5.75 Å². The molecule has 1 aromatic heterocycles. The summed E-state index contributed by atoms with van der Waals surface area (Å²) in [6.07, 6.45) is 1.12. The molecule has 1 aromatic carbocycles. The Balaban J connectivity index is 1.73. The zero-order valence-electron chi connectivity index (χ0n) is 15.1. The van der Waals surface area contributed by atoms with Crippen LogP contribution in [0.5, 0.6) is 5.75 Å². The maximum Gasteiger partial charge on any atom is 0.226 e. The predicted molar refractivity (Wildman–Crippen MR) is 99.1 cm³/mol. The highest BCUT2D eigenvalue weighted by Gasteiger charge is 2.20. The highest BCUT2D eigenvalue weighted by molar-refractivity contribution is 5.17. The average Bonchev–Trinajstić information content (AvgIpc) is 2.66. The third-order valence-electron chi connectivity index (χ3n) is 4.70. The molecule has 6 heteroatoms. The fourth-order valence-corrected chi connectivity index (χ4v) is 3.19. The number of rotatable bonds is 7. The minimum absolute atomic E-state index is 0.271. The number of aromatic hydroxyl groups is 1. The van der Waals surface area contributed by atoms with Crippen molar-refractivity contribution >= 4 is 0 Å². The monoisotopic (exact) mass is 358 g/mol. The van der Waals surface area contributed by atoms with E-state index >= 15 is 0 Å². The second-order valence-electron chi connectivity index (χ2n) is 6.75. The molecular formula is C20H26N2O4. The van der Waals surface area contributed by atoms with Crippen LogP contribution in [0.1, 0.15) is 18.2 Å². The molecule has 2 heterocycles. The summed E-state index contributed by atoms with van der Waals surface area (Å²) in [6, 6.07) is 11.9. The standard InChI is InChI=1S/C20H26N2O4/c1-16(12-21-7-9-25-10-8-21)22(13-17-5-3-2-4-6-17)14-18-11-19(23)20(24)15-26-18/h2-6,11,15-16,24H,7-10,12-14H2,1H3. The van der Waals surface area contributed by atoms with Gasteiger partial charge in [0.05, 0.1) is 19.8 Å². The van der Waals surface area contributed by atoms with Crippen molar-refractivity contribution < 1.29 is 14.3 Å². The SMILES string of the molecule is CC(CN1CCOCC1)N(Cc1ccccc1)Cc1cc(=O)c(O)co1. The lowest BCUT2D eigenvalue weighted by atomic mass is 10.1. The van der Waals surface area contributed by atoms with E-state index in [1.54, 1.807) is 0 Å². The van der Waals surface area contributed by atoms with Crippen LogP contribution in [0, 0.1) is 0 Å². The highest BCUT2D eigenvalue weighted by atomic mass is 16.5. The van der Waals surface area contributed by atoms with Crippen molar-refractivity contribution in [3.05, 3.63) is 64.2 Å². The Bertz CT molecular complexity index is 741. The fourth-order valence-electron chi connectivity index (χ4n) is 3.19. The summed E-state index contributed by atoms with van der Waals surface area (Å²) in [5, 5.41) is 9.40. The quantitative estimate of drug-likeness (QED) is 0.817. The first-order chi connectivity index (χ1) is 12.6. The average molecular weight is 358 g/mol. The van der Waals surface area contributed by atoms with Crippen LogP contribution in [-0.2, 0) is 17.8 Å². The van der Waals surface area contributed by atoms with Gasteiger partial charge in [0.2, 0.25) is 5.43 Å². The van der Waals surface area contributed by atoms with Crippen molar-refractivity contribution in [1.82, 2.24) is 9.80 Å². The van der Waals surface area contributed by atoms with E-state index < -0.39 is 5.43 Å². The molecule has 0 spiro atoms. The van der Waals surface area contributed by atoms with Gasteiger partial charge in [-0.25, -0.2) is 0 Å². The Morgan fingerprint density at radius 3 is 2.62 bits per heavy atom. The molecule has 1 fully saturated rings. The molecule has 0 amide bonds. The Morgan fingerprint density at radius 1 is 1.19 bits per heavy atom. The van der Waals surface area contributed by atoms with Gasteiger partial charge < -0.3 is 14.3 Å². The minimum atomic E-state index is -0.410. The van der Waals surface area contributed by atoms with Gasteiger partial charge in [-0.1, -0.05) is 30.3 Å². The number of hydrogen-bond donors (Lipinski definition) is 1. The molecule has 6 nitrogen and oxygen atoms in total. The molecule has 26 heavy (non-hydrogen) atoms. The second-order valence-corrected chi connectivity index (χ2v) is 6.75. The molecule has 0 bridgehead atoms. The summed E-state index contributed by atoms with van der Waals surface area (Å²) in [4.78, 5) is 16.4. The summed E-state index contributed by atoms with van der Waals surface area (Å²) in [5.74, 6) is 0.197. The van der Waals surface area contributed by atoms with Crippen LogP contribution in [0.4, 0.5) is 0 Å². The zero-order valence-corrected chi connectivity index (χ0v) is 15.1. The van der Waals surface area contributed by atoms with Crippen molar-refractivity contribution in [3.8, 4) is 5.75 Å². The van der Waals surface area contributed by atoms with Crippen molar-refractivity contribution in [2.45, 2.75) is 26.1 Å². The summed E-state index contributed by atoms with van der Waals surface area (Å²) in [5.41, 5.74) is 0.800. The molecule has 0 aliphatic carbocycles. The lowest BCUT2D eigenvalue weighted by Crippen LogP contribution is -2.45. The van der Waals surface area contributed by atoms with Crippen LogP contribution in [0.2, 0.25) is 0 Å². The van der Waals surface area contributed by atoms with Crippen molar-refractivity contribution in [2.75, 3.05) is 32.8 Å². The normalized spacial score (nSPS) is 16.7. The van der Waals surface area contributed by atoms with E-state index in [4.69, 9.17) is 9.15 Å². The lowest BCUT2D eigenvalue weighted by Gasteiger charge is -2.34. The first-order valence-electron chi connectivity index (χ1n) is 9.00. The molecule has 1 aliphatic heterocycles. The van der Waals surface area contributed by atoms with E-state index in [1.165, 1.54) is 11.6 Å². The van der Waals surface area contributed by atoms with Gasteiger partial charge in [-0.15, -0.1) is 0 Å². The molecule has 1 atom stereocenters. The maximum absolute atomic E-state index is 11.7. The Kier molecular flexibility index (Phi) is 6.44. The summed E-state index contributed by atoms with van der Waals surface area (Å²) in [7, 11) is 0. The Hall–Kier alpha value is -2.15. The molecule has 1 unspecified atom stereocenters. The molecule has 140 valence electrons. The molecule has 2 aromatic rings. The fraction of sp³-hybridized carbons (Fsp3) is 0.450. The van der Waals surface area contributed by atoms with Gasteiger partial charge in [-0.3, -0.25) is 14.6 Å². The van der Waals surface area contributed by atoms with Crippen LogP contribution in [0.25, 0.3) is 0 Å². The van der Waals surface area contributed by atoms with Crippen LogP contribution in [0.15, 0.2) is 51.9 Å². The molecule has 1 saturated heterocycles. The van der Waals surface area contributed by atoms with Gasteiger partial charge in [0, 0.05) is 38.3 Å². The Morgan fingerprint density at radius 2 is 1.92 bits per heavy atom. The largest absolute Gasteiger partial charge is 0.502 e. The topological polar surface area (TPSA) is 66.2 Å². The number of ether oxygens (including phenoxy) is 1. The predicted octanol–water partition coefficient (Wildman–Crippen LogP) is 2.07. The smallest absolute Gasteiger partial charge is 0.226 e. The zero-order chi connectivity index (χ0) is 18.4. The van der Waals surface area contributed by atoms with Crippen molar-refractivity contribution in [1.29, 1.82) is 0 Å².